The van der Waals surface area contributed by atoms with Crippen LogP contribution in [-0.4, -0.2) is 21.3 Å². The first-order valence-electron chi connectivity index (χ1n) is 7.24. The molecule has 0 fully saturated rings. The van der Waals surface area contributed by atoms with Gasteiger partial charge in [0.25, 0.3) is 0 Å². The molecular formula is C16H24N4. The molecule has 2 rings (SSSR count). The number of nitrogens with one attached hydrogen (secondary N) is 1. The second-order valence-corrected chi connectivity index (χ2v) is 5.66. The topological polar surface area (TPSA) is 42.7 Å². The van der Waals surface area contributed by atoms with Gasteiger partial charge in [-0.25, -0.2) is 4.98 Å². The molecular weight excluding hydrogens is 248 g/mol. The van der Waals surface area contributed by atoms with Crippen molar-refractivity contribution in [3.63, 3.8) is 0 Å². The third-order valence-electron chi connectivity index (χ3n) is 3.30. The van der Waals surface area contributed by atoms with E-state index < -0.39 is 0 Å². The number of hydrogen-bond donors (Lipinski definition) is 1. The Labute approximate surface area is 121 Å². The van der Waals surface area contributed by atoms with E-state index in [9.17, 15) is 0 Å². The molecule has 4 heteroatoms. The number of aromatic nitrogens is 3. The zero-order valence-electron chi connectivity index (χ0n) is 12.8. The quantitative estimate of drug-likeness (QED) is 0.879. The third kappa shape index (κ3) is 3.83. The molecule has 0 amide bonds. The van der Waals surface area contributed by atoms with E-state index >= 15 is 0 Å². The summed E-state index contributed by atoms with van der Waals surface area (Å²) in [5.74, 6) is 2.59. The molecule has 0 aliphatic rings. The molecule has 0 saturated heterocycles. The number of nitrogens with zero attached hydrogens (tertiary/aromatic N) is 3. The van der Waals surface area contributed by atoms with Gasteiger partial charge in [0.1, 0.15) is 5.82 Å². The van der Waals surface area contributed by atoms with Gasteiger partial charge in [-0.2, -0.15) is 5.10 Å². The number of aryl methyl sites for hydroxylation is 2. The highest BCUT2D eigenvalue weighted by atomic mass is 15.3. The van der Waals surface area contributed by atoms with Crippen molar-refractivity contribution < 1.29 is 0 Å². The molecule has 1 aromatic heterocycles. The molecule has 0 bridgehead atoms. The van der Waals surface area contributed by atoms with Crippen LogP contribution in [0.25, 0.3) is 0 Å². The zero-order chi connectivity index (χ0) is 14.5. The highest BCUT2D eigenvalue weighted by Crippen LogP contribution is 2.13. The highest BCUT2D eigenvalue weighted by molar-refractivity contribution is 5.50. The lowest BCUT2D eigenvalue weighted by Crippen LogP contribution is -2.09. The van der Waals surface area contributed by atoms with E-state index in [4.69, 9.17) is 0 Å². The molecule has 0 aliphatic heterocycles. The summed E-state index contributed by atoms with van der Waals surface area (Å²) in [6.07, 6.45) is 1.83. The second-order valence-electron chi connectivity index (χ2n) is 5.66. The SMILES string of the molecule is Cc1ccccc1NCCc1nc(CC(C)C)nn1C. The van der Waals surface area contributed by atoms with Gasteiger partial charge in [-0.05, 0) is 24.5 Å². The Morgan fingerprint density at radius 2 is 2.00 bits per heavy atom. The molecule has 0 unspecified atom stereocenters. The van der Waals surface area contributed by atoms with Crippen LogP contribution in [0.3, 0.4) is 0 Å². The molecule has 108 valence electrons. The minimum atomic E-state index is 0.593. The highest BCUT2D eigenvalue weighted by Gasteiger charge is 2.08. The Morgan fingerprint density at radius 1 is 1.25 bits per heavy atom. The zero-order valence-corrected chi connectivity index (χ0v) is 12.8. The van der Waals surface area contributed by atoms with Gasteiger partial charge in [-0.15, -0.1) is 0 Å². The van der Waals surface area contributed by atoms with Gasteiger partial charge in [0.05, 0.1) is 0 Å². The van der Waals surface area contributed by atoms with Gasteiger partial charge in [0.15, 0.2) is 5.82 Å². The summed E-state index contributed by atoms with van der Waals surface area (Å²) < 4.78 is 1.90. The van der Waals surface area contributed by atoms with E-state index in [2.05, 4.69) is 60.4 Å². The Hall–Kier alpha value is -1.84. The molecule has 4 nitrogen and oxygen atoms in total. The minimum Gasteiger partial charge on any atom is -0.384 e. The smallest absolute Gasteiger partial charge is 0.151 e. The third-order valence-corrected chi connectivity index (χ3v) is 3.30. The van der Waals surface area contributed by atoms with Gasteiger partial charge in [0, 0.05) is 32.1 Å². The lowest BCUT2D eigenvalue weighted by atomic mass is 10.1. The fraction of sp³-hybridized carbons (Fsp3) is 0.500. The van der Waals surface area contributed by atoms with E-state index in [0.717, 1.165) is 31.0 Å². The molecule has 0 saturated carbocycles. The molecule has 20 heavy (non-hydrogen) atoms. The molecule has 1 N–H and O–H groups in total. The fourth-order valence-electron chi connectivity index (χ4n) is 2.22. The van der Waals surface area contributed by atoms with Crippen molar-refractivity contribution in [2.75, 3.05) is 11.9 Å². The van der Waals surface area contributed by atoms with Gasteiger partial charge in [-0.1, -0.05) is 32.0 Å². The maximum absolute atomic E-state index is 4.62. The molecule has 2 aromatic rings. The normalized spacial score (nSPS) is 11.1. The van der Waals surface area contributed by atoms with Crippen LogP contribution in [0.15, 0.2) is 24.3 Å². The molecule has 0 aliphatic carbocycles. The molecule has 1 heterocycles. The Balaban J connectivity index is 1.91. The van der Waals surface area contributed by atoms with E-state index in [0.29, 0.717) is 5.92 Å². The lowest BCUT2D eigenvalue weighted by Gasteiger charge is -2.08. The summed E-state index contributed by atoms with van der Waals surface area (Å²) in [7, 11) is 1.97. The average Bonchev–Trinajstić information content (AvgIpc) is 2.71. The molecule has 0 atom stereocenters. The Bertz CT molecular complexity index is 557. The number of para-hydroxylation sites is 1. The largest absolute Gasteiger partial charge is 0.384 e. The number of rotatable bonds is 6. The van der Waals surface area contributed by atoms with Crippen LogP contribution in [0.5, 0.6) is 0 Å². The summed E-state index contributed by atoms with van der Waals surface area (Å²) in [6.45, 7) is 7.37. The van der Waals surface area contributed by atoms with Crippen LogP contribution in [0, 0.1) is 12.8 Å². The molecule has 1 aromatic carbocycles. The van der Waals surface area contributed by atoms with Crippen LogP contribution in [0.1, 0.15) is 31.1 Å². The standard InChI is InChI=1S/C16H24N4/c1-12(2)11-15-18-16(20(4)19-15)9-10-17-14-8-6-5-7-13(14)3/h5-8,12,17H,9-11H2,1-4H3. The summed E-state index contributed by atoms with van der Waals surface area (Å²) in [6, 6.07) is 8.33. The van der Waals surface area contributed by atoms with E-state index in [-0.39, 0.29) is 0 Å². The Morgan fingerprint density at radius 3 is 2.70 bits per heavy atom. The van der Waals surface area contributed by atoms with Gasteiger partial charge < -0.3 is 5.32 Å². The van der Waals surface area contributed by atoms with Crippen LogP contribution in [0.4, 0.5) is 5.69 Å². The van der Waals surface area contributed by atoms with Crippen LogP contribution >= 0.6 is 0 Å². The number of anilines is 1. The Kier molecular flexibility index (Phi) is 4.77. The van der Waals surface area contributed by atoms with Crippen molar-refractivity contribution in [2.45, 2.75) is 33.6 Å². The molecule has 0 radical (unpaired) electrons. The van der Waals surface area contributed by atoms with Crippen LogP contribution in [-0.2, 0) is 19.9 Å². The summed E-state index contributed by atoms with van der Waals surface area (Å²) in [5, 5.41) is 7.93. The summed E-state index contributed by atoms with van der Waals surface area (Å²) >= 11 is 0. The van der Waals surface area contributed by atoms with E-state index in [1.807, 2.05) is 11.7 Å². The van der Waals surface area contributed by atoms with Crippen molar-refractivity contribution in [2.24, 2.45) is 13.0 Å². The first-order valence-corrected chi connectivity index (χ1v) is 7.24. The van der Waals surface area contributed by atoms with Crippen LogP contribution in [0.2, 0.25) is 0 Å². The van der Waals surface area contributed by atoms with E-state index in [1.165, 1.54) is 11.3 Å². The van der Waals surface area contributed by atoms with E-state index in [1.54, 1.807) is 0 Å². The monoisotopic (exact) mass is 272 g/mol. The number of benzene rings is 1. The first-order chi connectivity index (χ1) is 9.56. The predicted octanol–water partition coefficient (Wildman–Crippen LogP) is 2.98. The predicted molar refractivity (Wildman–Crippen MR) is 82.9 cm³/mol. The average molecular weight is 272 g/mol. The van der Waals surface area contributed by atoms with Crippen molar-refractivity contribution in [1.82, 2.24) is 14.8 Å². The molecule has 0 spiro atoms. The van der Waals surface area contributed by atoms with Gasteiger partial charge >= 0.3 is 0 Å². The van der Waals surface area contributed by atoms with Crippen molar-refractivity contribution >= 4 is 5.69 Å². The van der Waals surface area contributed by atoms with Gasteiger partial charge in [-0.3, -0.25) is 4.68 Å². The first kappa shape index (κ1) is 14.6. The minimum absolute atomic E-state index is 0.593. The summed E-state index contributed by atoms with van der Waals surface area (Å²) in [5.41, 5.74) is 2.46. The number of hydrogen-bond acceptors (Lipinski definition) is 3. The maximum Gasteiger partial charge on any atom is 0.151 e. The van der Waals surface area contributed by atoms with Crippen LogP contribution < -0.4 is 5.32 Å². The maximum atomic E-state index is 4.62. The van der Waals surface area contributed by atoms with Crippen molar-refractivity contribution in [3.8, 4) is 0 Å². The van der Waals surface area contributed by atoms with Crippen molar-refractivity contribution in [3.05, 3.63) is 41.5 Å². The summed E-state index contributed by atoms with van der Waals surface area (Å²) in [4.78, 5) is 4.62. The fourth-order valence-corrected chi connectivity index (χ4v) is 2.22. The second kappa shape index (κ2) is 6.55. The van der Waals surface area contributed by atoms with Gasteiger partial charge in [0.2, 0.25) is 0 Å². The lowest BCUT2D eigenvalue weighted by molar-refractivity contribution is 0.612. The van der Waals surface area contributed by atoms with Crippen molar-refractivity contribution in [1.29, 1.82) is 0 Å².